The molecule has 0 radical (unpaired) electrons. The summed E-state index contributed by atoms with van der Waals surface area (Å²) in [5.74, 6) is 0.391. The van der Waals surface area contributed by atoms with Crippen LogP contribution in [0.4, 0.5) is 0 Å². The van der Waals surface area contributed by atoms with E-state index < -0.39 is 0 Å². The molecule has 2 unspecified atom stereocenters. The highest BCUT2D eigenvalue weighted by molar-refractivity contribution is 5.82. The van der Waals surface area contributed by atoms with E-state index in [2.05, 4.69) is 13.8 Å². The molecule has 1 aliphatic carbocycles. The molecule has 0 aromatic carbocycles. The molecule has 1 aliphatic rings. The number of nitrogens with two attached hydrogens (primary N) is 1. The molecule has 1 fully saturated rings. The number of hydrogen-bond acceptors (Lipinski definition) is 3. The maximum Gasteiger partial charge on any atom is 0.137 e. The van der Waals surface area contributed by atoms with Crippen LogP contribution in [0, 0.1) is 11.3 Å². The normalized spacial score (nSPS) is 27.7. The van der Waals surface area contributed by atoms with Gasteiger partial charge in [0.2, 0.25) is 0 Å². The molecule has 0 amide bonds. The summed E-state index contributed by atoms with van der Waals surface area (Å²) in [6.07, 6.45) is 3.40. The Morgan fingerprint density at radius 2 is 2.27 bits per heavy atom. The van der Waals surface area contributed by atoms with Crippen molar-refractivity contribution in [2.75, 3.05) is 13.7 Å². The highest BCUT2D eigenvalue weighted by atomic mass is 16.5. The van der Waals surface area contributed by atoms with Crippen molar-refractivity contribution in [1.29, 1.82) is 0 Å². The lowest BCUT2D eigenvalue weighted by Crippen LogP contribution is -2.42. The molecular weight excluding hydrogens is 190 g/mol. The molecule has 1 saturated carbocycles. The van der Waals surface area contributed by atoms with E-state index in [-0.39, 0.29) is 17.4 Å². The van der Waals surface area contributed by atoms with Gasteiger partial charge in [-0.05, 0) is 24.7 Å². The van der Waals surface area contributed by atoms with Crippen molar-refractivity contribution in [1.82, 2.24) is 0 Å². The van der Waals surface area contributed by atoms with Crippen molar-refractivity contribution in [2.24, 2.45) is 17.1 Å². The third-order valence-electron chi connectivity index (χ3n) is 3.41. The molecule has 2 atom stereocenters. The first-order valence-electron chi connectivity index (χ1n) is 5.73. The largest absolute Gasteiger partial charge is 0.385 e. The lowest BCUT2D eigenvalue weighted by atomic mass is 9.69. The Balaban J connectivity index is 2.53. The van der Waals surface area contributed by atoms with Crippen LogP contribution in [0.3, 0.4) is 0 Å². The molecule has 0 spiro atoms. The fourth-order valence-corrected chi connectivity index (χ4v) is 2.30. The van der Waals surface area contributed by atoms with Gasteiger partial charge in [0.15, 0.2) is 0 Å². The maximum atomic E-state index is 11.8. The van der Waals surface area contributed by atoms with Crippen LogP contribution in [0.15, 0.2) is 0 Å². The van der Waals surface area contributed by atoms with Crippen LogP contribution in [0.2, 0.25) is 0 Å². The van der Waals surface area contributed by atoms with Gasteiger partial charge in [-0.25, -0.2) is 0 Å². The van der Waals surface area contributed by atoms with Gasteiger partial charge in [0.05, 0.1) is 0 Å². The van der Waals surface area contributed by atoms with E-state index in [4.69, 9.17) is 10.5 Å². The third-order valence-corrected chi connectivity index (χ3v) is 3.41. The number of carbonyl (C=O) groups is 1. The summed E-state index contributed by atoms with van der Waals surface area (Å²) in [7, 11) is 1.67. The van der Waals surface area contributed by atoms with E-state index in [1.165, 1.54) is 0 Å². The minimum atomic E-state index is -0.0305. The fourth-order valence-electron chi connectivity index (χ4n) is 2.30. The number of ether oxygens (including phenoxy) is 1. The maximum absolute atomic E-state index is 11.8. The summed E-state index contributed by atoms with van der Waals surface area (Å²) in [6.45, 7) is 5.08. The van der Waals surface area contributed by atoms with Gasteiger partial charge in [-0.15, -0.1) is 0 Å². The molecule has 0 aromatic rings. The second-order valence-corrected chi connectivity index (χ2v) is 5.39. The zero-order chi connectivity index (χ0) is 11.5. The summed E-state index contributed by atoms with van der Waals surface area (Å²) in [4.78, 5) is 11.8. The van der Waals surface area contributed by atoms with E-state index in [0.717, 1.165) is 19.3 Å². The monoisotopic (exact) mass is 213 g/mol. The summed E-state index contributed by atoms with van der Waals surface area (Å²) in [6, 6.07) is -0.0305. The number of hydrogen-bond donors (Lipinski definition) is 1. The summed E-state index contributed by atoms with van der Waals surface area (Å²) >= 11 is 0. The molecule has 88 valence electrons. The van der Waals surface area contributed by atoms with Crippen molar-refractivity contribution >= 4 is 5.78 Å². The van der Waals surface area contributed by atoms with Crippen molar-refractivity contribution in [3.8, 4) is 0 Å². The molecule has 1 rings (SSSR count). The first-order chi connectivity index (χ1) is 6.96. The van der Waals surface area contributed by atoms with Gasteiger partial charge < -0.3 is 10.5 Å². The summed E-state index contributed by atoms with van der Waals surface area (Å²) in [5.41, 5.74) is 6.31. The Kier molecular flexibility index (Phi) is 4.29. The minimum absolute atomic E-state index is 0.0305. The van der Waals surface area contributed by atoms with E-state index in [9.17, 15) is 4.79 Å². The SMILES string of the molecule is COCCC(N)C1CC(C)(C)CCC1=O. The molecule has 0 aromatic heterocycles. The Morgan fingerprint density at radius 3 is 2.87 bits per heavy atom. The van der Waals surface area contributed by atoms with Crippen LogP contribution < -0.4 is 5.73 Å². The highest BCUT2D eigenvalue weighted by Gasteiger charge is 2.36. The second kappa shape index (κ2) is 5.08. The molecule has 0 bridgehead atoms. The van der Waals surface area contributed by atoms with Gasteiger partial charge in [0, 0.05) is 32.1 Å². The highest BCUT2D eigenvalue weighted by Crippen LogP contribution is 2.38. The van der Waals surface area contributed by atoms with E-state index in [1.807, 2.05) is 0 Å². The van der Waals surface area contributed by atoms with Gasteiger partial charge in [-0.2, -0.15) is 0 Å². The zero-order valence-corrected chi connectivity index (χ0v) is 10.1. The summed E-state index contributed by atoms with van der Waals surface area (Å²) < 4.78 is 5.00. The van der Waals surface area contributed by atoms with Crippen molar-refractivity contribution in [2.45, 2.75) is 45.6 Å². The molecule has 0 heterocycles. The van der Waals surface area contributed by atoms with Crippen LogP contribution in [0.1, 0.15) is 39.5 Å². The fraction of sp³-hybridized carbons (Fsp3) is 0.917. The molecule has 2 N–H and O–H groups in total. The van der Waals surface area contributed by atoms with Crippen molar-refractivity contribution in [3.63, 3.8) is 0 Å². The van der Waals surface area contributed by atoms with Gasteiger partial charge >= 0.3 is 0 Å². The molecule has 0 saturated heterocycles. The van der Waals surface area contributed by atoms with E-state index in [0.29, 0.717) is 18.8 Å². The molecule has 3 nitrogen and oxygen atoms in total. The van der Waals surface area contributed by atoms with Gasteiger partial charge in [-0.1, -0.05) is 13.8 Å². The number of carbonyl (C=O) groups excluding carboxylic acids is 1. The van der Waals surface area contributed by atoms with Crippen molar-refractivity contribution < 1.29 is 9.53 Å². The lowest BCUT2D eigenvalue weighted by Gasteiger charge is -2.36. The number of Topliss-reactive ketones (excluding diaryl/α,β-unsaturated/α-hetero) is 1. The predicted molar refractivity (Wildman–Crippen MR) is 60.6 cm³/mol. The Labute approximate surface area is 92.4 Å². The number of rotatable bonds is 4. The molecule has 0 aliphatic heterocycles. The molecule has 15 heavy (non-hydrogen) atoms. The zero-order valence-electron chi connectivity index (χ0n) is 10.1. The minimum Gasteiger partial charge on any atom is -0.385 e. The van der Waals surface area contributed by atoms with E-state index >= 15 is 0 Å². The quantitative estimate of drug-likeness (QED) is 0.774. The third kappa shape index (κ3) is 3.58. The van der Waals surface area contributed by atoms with Crippen LogP contribution in [-0.2, 0) is 9.53 Å². The Morgan fingerprint density at radius 1 is 1.60 bits per heavy atom. The number of ketones is 1. The number of methoxy groups -OCH3 is 1. The standard InChI is InChI=1S/C12H23NO2/c1-12(2)6-4-11(14)9(8-12)10(13)5-7-15-3/h9-10H,4-8,13H2,1-3H3. The smallest absolute Gasteiger partial charge is 0.137 e. The Bertz CT molecular complexity index is 226. The topological polar surface area (TPSA) is 52.3 Å². The van der Waals surface area contributed by atoms with Crippen molar-refractivity contribution in [3.05, 3.63) is 0 Å². The van der Waals surface area contributed by atoms with Gasteiger partial charge in [0.1, 0.15) is 5.78 Å². The molecule has 3 heteroatoms. The molecular formula is C12H23NO2. The average Bonchev–Trinajstić information content (AvgIpc) is 2.18. The first-order valence-corrected chi connectivity index (χ1v) is 5.73. The summed E-state index contributed by atoms with van der Waals surface area (Å²) in [5, 5.41) is 0. The Hall–Kier alpha value is -0.410. The lowest BCUT2D eigenvalue weighted by molar-refractivity contribution is -0.127. The van der Waals surface area contributed by atoms with Gasteiger partial charge in [-0.3, -0.25) is 4.79 Å². The predicted octanol–water partition coefficient (Wildman–Crippen LogP) is 1.75. The average molecular weight is 213 g/mol. The van der Waals surface area contributed by atoms with Crippen LogP contribution in [0.25, 0.3) is 0 Å². The van der Waals surface area contributed by atoms with E-state index in [1.54, 1.807) is 7.11 Å². The second-order valence-electron chi connectivity index (χ2n) is 5.39. The van der Waals surface area contributed by atoms with Crippen LogP contribution >= 0.6 is 0 Å². The first kappa shape index (κ1) is 12.7. The van der Waals surface area contributed by atoms with Gasteiger partial charge in [0.25, 0.3) is 0 Å². The van der Waals surface area contributed by atoms with Crippen LogP contribution in [-0.4, -0.2) is 25.5 Å². The van der Waals surface area contributed by atoms with Crippen LogP contribution in [0.5, 0.6) is 0 Å².